The van der Waals surface area contributed by atoms with E-state index in [1.54, 1.807) is 13.1 Å². The van der Waals surface area contributed by atoms with E-state index in [0.717, 1.165) is 0 Å². The standard InChI is InChI=1S/C8H16N2O/c1-8(2,3)6-5-7(9-4)10-11/h5-6,10-11H,1-4H3/q-2. The van der Waals surface area contributed by atoms with Crippen LogP contribution in [0.1, 0.15) is 20.8 Å². The summed E-state index contributed by atoms with van der Waals surface area (Å²) >= 11 is 0. The van der Waals surface area contributed by atoms with Crippen molar-refractivity contribution in [2.45, 2.75) is 20.8 Å². The Hall–Kier alpha value is -0.830. The first-order valence-corrected chi connectivity index (χ1v) is 3.56. The van der Waals surface area contributed by atoms with Gasteiger partial charge in [-0.2, -0.15) is 0 Å². The molecular weight excluding hydrogens is 140 g/mol. The van der Waals surface area contributed by atoms with Gasteiger partial charge in [0.2, 0.25) is 0 Å². The highest BCUT2D eigenvalue weighted by atomic mass is 16.5. The van der Waals surface area contributed by atoms with Crippen LogP contribution < -0.4 is 5.48 Å². The zero-order valence-electron chi connectivity index (χ0n) is 7.55. The fourth-order valence-electron chi connectivity index (χ4n) is 0.491. The number of allylic oxidation sites excluding steroid dienone is 1. The molecule has 3 heteroatoms. The Morgan fingerprint density at radius 3 is 2.36 bits per heavy atom. The van der Waals surface area contributed by atoms with Gasteiger partial charge in [-0.25, -0.2) is 18.3 Å². The molecule has 0 aliphatic rings. The number of hydrogen-bond acceptors (Lipinski definition) is 2. The molecule has 3 nitrogen and oxygen atoms in total. The van der Waals surface area contributed by atoms with E-state index in [1.807, 2.05) is 11.9 Å². The lowest BCUT2D eigenvalue weighted by molar-refractivity contribution is 0.203. The topological polar surface area (TPSA) is 46.4 Å². The smallest absolute Gasteiger partial charge is 0.0721 e. The van der Waals surface area contributed by atoms with E-state index >= 15 is 0 Å². The van der Waals surface area contributed by atoms with E-state index in [2.05, 4.69) is 26.1 Å². The third-order valence-corrected chi connectivity index (χ3v) is 1.10. The van der Waals surface area contributed by atoms with Crippen LogP contribution in [0.3, 0.4) is 0 Å². The van der Waals surface area contributed by atoms with Gasteiger partial charge in [0.15, 0.2) is 0 Å². The summed E-state index contributed by atoms with van der Waals surface area (Å²) in [6, 6.07) is 0. The van der Waals surface area contributed by atoms with Gasteiger partial charge in [-0.15, -0.1) is 0 Å². The molecule has 0 heterocycles. The van der Waals surface area contributed by atoms with Crippen molar-refractivity contribution in [3.05, 3.63) is 23.6 Å². The summed E-state index contributed by atoms with van der Waals surface area (Å²) < 4.78 is 0. The molecule has 0 aromatic rings. The number of hydrogen-bond donors (Lipinski definition) is 2. The Bertz CT molecular complexity index is 130. The lowest BCUT2D eigenvalue weighted by Crippen LogP contribution is -2.09. The van der Waals surface area contributed by atoms with Gasteiger partial charge in [0.05, 0.1) is 0 Å². The highest BCUT2D eigenvalue weighted by molar-refractivity contribution is 5.17. The Kier molecular flexibility index (Phi) is 3.82. The van der Waals surface area contributed by atoms with Crippen molar-refractivity contribution in [2.24, 2.45) is 5.41 Å². The van der Waals surface area contributed by atoms with Crippen molar-refractivity contribution in [2.75, 3.05) is 7.05 Å². The molecule has 0 rings (SSSR count). The molecule has 0 aliphatic heterocycles. The zero-order valence-corrected chi connectivity index (χ0v) is 7.55. The average molecular weight is 156 g/mol. The molecule has 0 fully saturated rings. The molecule has 2 N–H and O–H groups in total. The van der Waals surface area contributed by atoms with Crippen LogP contribution >= 0.6 is 0 Å². The zero-order chi connectivity index (χ0) is 8.91. The first-order chi connectivity index (χ1) is 4.99. The van der Waals surface area contributed by atoms with Crippen LogP contribution in [0.15, 0.2) is 11.9 Å². The second kappa shape index (κ2) is 4.13. The Labute approximate surface area is 68.5 Å². The van der Waals surface area contributed by atoms with E-state index in [4.69, 9.17) is 5.21 Å². The Morgan fingerprint density at radius 1 is 1.55 bits per heavy atom. The summed E-state index contributed by atoms with van der Waals surface area (Å²) in [6.45, 7) is 6.23. The van der Waals surface area contributed by atoms with Crippen LogP contribution in [0.4, 0.5) is 0 Å². The fourth-order valence-corrected chi connectivity index (χ4v) is 0.491. The molecule has 0 spiro atoms. The van der Waals surface area contributed by atoms with Gasteiger partial charge in [0.1, 0.15) is 0 Å². The maximum absolute atomic E-state index is 8.49. The summed E-state index contributed by atoms with van der Waals surface area (Å²) in [5.74, 6) is 0.472. The predicted molar refractivity (Wildman–Crippen MR) is 46.0 cm³/mol. The van der Waals surface area contributed by atoms with E-state index in [9.17, 15) is 0 Å². The molecule has 0 atom stereocenters. The minimum Gasteiger partial charge on any atom is -0.560 e. The first kappa shape index (κ1) is 10.2. The summed E-state index contributed by atoms with van der Waals surface area (Å²) in [7, 11) is 1.62. The van der Waals surface area contributed by atoms with Gasteiger partial charge < -0.3 is 16.0 Å². The highest BCUT2D eigenvalue weighted by Gasteiger charge is 1.98. The van der Waals surface area contributed by atoms with Crippen molar-refractivity contribution < 1.29 is 5.21 Å². The predicted octanol–water partition coefficient (Wildman–Crippen LogP) is 2.06. The minimum absolute atomic E-state index is 0.118. The molecule has 0 amide bonds. The van der Waals surface area contributed by atoms with Crippen molar-refractivity contribution in [1.82, 2.24) is 5.48 Å². The summed E-state index contributed by atoms with van der Waals surface area (Å²) in [4.78, 5) is 0. The van der Waals surface area contributed by atoms with Crippen LogP contribution in [-0.4, -0.2) is 12.3 Å². The largest absolute Gasteiger partial charge is 0.560 e. The highest BCUT2D eigenvalue weighted by Crippen LogP contribution is 2.18. The monoisotopic (exact) mass is 156 g/mol. The lowest BCUT2D eigenvalue weighted by Gasteiger charge is -2.29. The second-order valence-electron chi connectivity index (χ2n) is 3.42. The molecule has 0 aliphatic carbocycles. The SMILES string of the molecule is C[N-]C(=C[CH-]C(C)(C)C)NO. The van der Waals surface area contributed by atoms with Crippen molar-refractivity contribution in [1.29, 1.82) is 0 Å². The van der Waals surface area contributed by atoms with E-state index in [-0.39, 0.29) is 5.41 Å². The van der Waals surface area contributed by atoms with Gasteiger partial charge >= 0.3 is 0 Å². The molecule has 66 valence electrons. The summed E-state index contributed by atoms with van der Waals surface area (Å²) in [5, 5.41) is 12.3. The maximum atomic E-state index is 8.49. The Balaban J connectivity index is 3.89. The molecule has 0 saturated carbocycles. The lowest BCUT2D eigenvalue weighted by atomic mass is 9.92. The molecule has 0 saturated heterocycles. The molecule has 11 heavy (non-hydrogen) atoms. The van der Waals surface area contributed by atoms with Crippen molar-refractivity contribution in [3.8, 4) is 0 Å². The van der Waals surface area contributed by atoms with Gasteiger partial charge in [0.25, 0.3) is 0 Å². The molecule has 0 aromatic carbocycles. The summed E-state index contributed by atoms with van der Waals surface area (Å²) in [6.07, 6.45) is 3.72. The van der Waals surface area contributed by atoms with Crippen molar-refractivity contribution >= 4 is 0 Å². The number of nitrogens with zero attached hydrogens (tertiary/aromatic N) is 1. The molecule has 0 radical (unpaired) electrons. The van der Waals surface area contributed by atoms with Crippen LogP contribution in [0.2, 0.25) is 0 Å². The Morgan fingerprint density at radius 2 is 2.09 bits per heavy atom. The first-order valence-electron chi connectivity index (χ1n) is 3.56. The van der Waals surface area contributed by atoms with Crippen LogP contribution in [-0.2, 0) is 0 Å². The average Bonchev–Trinajstić information content (AvgIpc) is 1.88. The van der Waals surface area contributed by atoms with Crippen LogP contribution in [0, 0.1) is 11.8 Å². The van der Waals surface area contributed by atoms with E-state index < -0.39 is 0 Å². The third-order valence-electron chi connectivity index (χ3n) is 1.10. The van der Waals surface area contributed by atoms with Crippen LogP contribution in [0.5, 0.6) is 0 Å². The quantitative estimate of drug-likeness (QED) is 0.485. The van der Waals surface area contributed by atoms with Gasteiger partial charge in [-0.05, 0) is 0 Å². The second-order valence-corrected chi connectivity index (χ2v) is 3.42. The number of hydroxylamine groups is 1. The van der Waals surface area contributed by atoms with Crippen molar-refractivity contribution in [3.63, 3.8) is 0 Å². The van der Waals surface area contributed by atoms with E-state index in [0.29, 0.717) is 5.82 Å². The van der Waals surface area contributed by atoms with E-state index in [1.165, 1.54) is 0 Å². The van der Waals surface area contributed by atoms with Crippen LogP contribution in [0.25, 0.3) is 5.32 Å². The van der Waals surface area contributed by atoms with Gasteiger partial charge in [-0.1, -0.05) is 33.2 Å². The van der Waals surface area contributed by atoms with Gasteiger partial charge in [-0.3, -0.25) is 0 Å². The third kappa shape index (κ3) is 5.61. The summed E-state index contributed by atoms with van der Waals surface area (Å²) in [5.41, 5.74) is 2.11. The molecule has 0 bridgehead atoms. The molecule has 0 unspecified atom stereocenters. The minimum atomic E-state index is 0.118. The maximum Gasteiger partial charge on any atom is -0.0721 e. The number of rotatable bonds is 3. The molecular formula is C8H16N2O-2. The normalized spacial score (nSPS) is 12.6. The fraction of sp³-hybridized carbons (Fsp3) is 0.625. The van der Waals surface area contributed by atoms with Gasteiger partial charge in [0, 0.05) is 0 Å². The molecule has 0 aromatic heterocycles. The number of nitrogens with one attached hydrogen (secondary N) is 1.